The highest BCUT2D eigenvalue weighted by molar-refractivity contribution is 7.80. The van der Waals surface area contributed by atoms with E-state index < -0.39 is 0 Å². The Morgan fingerprint density at radius 1 is 1.06 bits per heavy atom. The maximum Gasteiger partial charge on any atom is 0.187 e. The molecule has 1 aliphatic heterocycles. The van der Waals surface area contributed by atoms with Gasteiger partial charge in [0.15, 0.2) is 11.3 Å². The maximum absolute atomic E-state index is 5.18. The van der Waals surface area contributed by atoms with E-state index in [0.717, 1.165) is 11.4 Å². The van der Waals surface area contributed by atoms with E-state index in [1.165, 1.54) is 0 Å². The smallest absolute Gasteiger partial charge is 0.187 e. The Morgan fingerprint density at radius 2 is 1.83 bits per heavy atom. The molecule has 4 nitrogen and oxygen atoms in total. The number of hydrazine groups is 1. The van der Waals surface area contributed by atoms with E-state index in [4.69, 9.17) is 12.2 Å². The standard InChI is InChI=1S/C13H12N4S/c18-13-15-12(11-8-4-5-9-14-11)17(16-13)10-6-2-1-3-7-10/h1-9,12H,(H2,15,16,18)/t12-/m1/s1. The van der Waals surface area contributed by atoms with Gasteiger partial charge in [0.2, 0.25) is 0 Å². The van der Waals surface area contributed by atoms with E-state index in [9.17, 15) is 0 Å². The van der Waals surface area contributed by atoms with Crippen molar-refractivity contribution in [2.45, 2.75) is 6.17 Å². The number of thiocarbonyl (C=S) groups is 1. The highest BCUT2D eigenvalue weighted by Gasteiger charge is 2.29. The molecule has 1 aliphatic rings. The summed E-state index contributed by atoms with van der Waals surface area (Å²) >= 11 is 5.18. The van der Waals surface area contributed by atoms with E-state index in [0.29, 0.717) is 5.11 Å². The van der Waals surface area contributed by atoms with Gasteiger partial charge in [-0.15, -0.1) is 0 Å². The largest absolute Gasteiger partial charge is 0.335 e. The first-order chi connectivity index (χ1) is 8.84. The van der Waals surface area contributed by atoms with E-state index in [1.807, 2.05) is 53.5 Å². The van der Waals surface area contributed by atoms with Crippen LogP contribution in [0.1, 0.15) is 11.9 Å². The second kappa shape index (κ2) is 4.62. The second-order valence-electron chi connectivity index (χ2n) is 3.95. The van der Waals surface area contributed by atoms with Gasteiger partial charge in [0.25, 0.3) is 0 Å². The van der Waals surface area contributed by atoms with Crippen LogP contribution in [0.2, 0.25) is 0 Å². The molecule has 5 heteroatoms. The van der Waals surface area contributed by atoms with Gasteiger partial charge in [-0.05, 0) is 36.5 Å². The Morgan fingerprint density at radius 3 is 2.56 bits per heavy atom. The van der Waals surface area contributed by atoms with Crippen molar-refractivity contribution in [1.29, 1.82) is 0 Å². The minimum absolute atomic E-state index is 0.0823. The van der Waals surface area contributed by atoms with E-state index in [-0.39, 0.29) is 6.17 Å². The highest BCUT2D eigenvalue weighted by atomic mass is 32.1. The van der Waals surface area contributed by atoms with Gasteiger partial charge in [0.1, 0.15) is 0 Å². The number of benzene rings is 1. The number of para-hydroxylation sites is 1. The van der Waals surface area contributed by atoms with Gasteiger partial charge < -0.3 is 5.32 Å². The molecule has 1 aromatic heterocycles. The second-order valence-corrected chi connectivity index (χ2v) is 4.36. The van der Waals surface area contributed by atoms with Crippen molar-refractivity contribution in [3.05, 3.63) is 60.4 Å². The normalized spacial score (nSPS) is 18.3. The molecular formula is C13H12N4S. The van der Waals surface area contributed by atoms with Crippen LogP contribution in [0.15, 0.2) is 54.7 Å². The fourth-order valence-corrected chi connectivity index (χ4v) is 2.15. The summed E-state index contributed by atoms with van der Waals surface area (Å²) in [4.78, 5) is 4.37. The van der Waals surface area contributed by atoms with Gasteiger partial charge in [0.05, 0.1) is 11.4 Å². The predicted octanol–water partition coefficient (Wildman–Crippen LogP) is 1.98. The zero-order valence-corrected chi connectivity index (χ0v) is 10.4. The number of anilines is 1. The summed E-state index contributed by atoms with van der Waals surface area (Å²) in [5.74, 6) is 0. The number of nitrogens with zero attached hydrogens (tertiary/aromatic N) is 2. The number of nitrogens with one attached hydrogen (secondary N) is 2. The molecule has 0 bridgehead atoms. The average molecular weight is 256 g/mol. The molecule has 0 saturated carbocycles. The van der Waals surface area contributed by atoms with E-state index in [1.54, 1.807) is 6.20 Å². The lowest BCUT2D eigenvalue weighted by Gasteiger charge is -2.24. The van der Waals surface area contributed by atoms with Crippen molar-refractivity contribution in [2.24, 2.45) is 0 Å². The van der Waals surface area contributed by atoms with Crippen LogP contribution in [0.3, 0.4) is 0 Å². The quantitative estimate of drug-likeness (QED) is 0.804. The fourth-order valence-electron chi connectivity index (χ4n) is 1.94. The van der Waals surface area contributed by atoms with Crippen molar-refractivity contribution < 1.29 is 0 Å². The monoisotopic (exact) mass is 256 g/mol. The first-order valence-electron chi connectivity index (χ1n) is 5.67. The topological polar surface area (TPSA) is 40.2 Å². The van der Waals surface area contributed by atoms with Gasteiger partial charge >= 0.3 is 0 Å². The maximum atomic E-state index is 5.18. The molecule has 0 spiro atoms. The Bertz CT molecular complexity index is 494. The third-order valence-corrected chi connectivity index (χ3v) is 2.96. The van der Waals surface area contributed by atoms with Crippen molar-refractivity contribution in [1.82, 2.24) is 15.7 Å². The van der Waals surface area contributed by atoms with Crippen LogP contribution in [0, 0.1) is 0 Å². The summed E-state index contributed by atoms with van der Waals surface area (Å²) in [7, 11) is 0. The molecule has 3 rings (SSSR count). The molecular weight excluding hydrogens is 244 g/mol. The van der Waals surface area contributed by atoms with Crippen molar-refractivity contribution in [3.8, 4) is 0 Å². The summed E-state index contributed by atoms with van der Waals surface area (Å²) in [6.45, 7) is 0. The molecule has 1 atom stereocenters. The first kappa shape index (κ1) is 11.0. The minimum atomic E-state index is -0.0823. The lowest BCUT2D eigenvalue weighted by atomic mass is 10.2. The van der Waals surface area contributed by atoms with Gasteiger partial charge in [-0.1, -0.05) is 24.3 Å². The molecule has 2 N–H and O–H groups in total. The lowest BCUT2D eigenvalue weighted by Crippen LogP contribution is -2.34. The van der Waals surface area contributed by atoms with Crippen LogP contribution < -0.4 is 15.8 Å². The van der Waals surface area contributed by atoms with Gasteiger partial charge in [-0.3, -0.25) is 15.4 Å². The zero-order valence-electron chi connectivity index (χ0n) is 9.58. The Kier molecular flexibility index (Phi) is 2.82. The van der Waals surface area contributed by atoms with Gasteiger partial charge in [0, 0.05) is 6.20 Å². The lowest BCUT2D eigenvalue weighted by molar-refractivity contribution is 0.625. The summed E-state index contributed by atoms with van der Waals surface area (Å²) in [5.41, 5.74) is 5.10. The van der Waals surface area contributed by atoms with Crippen LogP contribution in [-0.2, 0) is 0 Å². The summed E-state index contributed by atoms with van der Waals surface area (Å²) in [5, 5.41) is 5.79. The predicted molar refractivity (Wildman–Crippen MR) is 74.8 cm³/mol. The van der Waals surface area contributed by atoms with Crippen LogP contribution in [-0.4, -0.2) is 10.1 Å². The van der Waals surface area contributed by atoms with E-state index in [2.05, 4.69) is 15.7 Å². The molecule has 1 aromatic carbocycles. The number of pyridine rings is 1. The van der Waals surface area contributed by atoms with Crippen molar-refractivity contribution in [3.63, 3.8) is 0 Å². The summed E-state index contributed by atoms with van der Waals surface area (Å²) < 4.78 is 0. The third-order valence-electron chi connectivity index (χ3n) is 2.75. The Hall–Kier alpha value is -2.14. The molecule has 1 saturated heterocycles. The van der Waals surface area contributed by atoms with Gasteiger partial charge in [-0.25, -0.2) is 0 Å². The Labute approximate surface area is 111 Å². The molecule has 1 fully saturated rings. The van der Waals surface area contributed by atoms with Crippen LogP contribution in [0.4, 0.5) is 5.69 Å². The molecule has 2 heterocycles. The fraction of sp³-hybridized carbons (Fsp3) is 0.0769. The Balaban J connectivity index is 1.96. The molecule has 2 aromatic rings. The van der Waals surface area contributed by atoms with Crippen molar-refractivity contribution >= 4 is 23.0 Å². The van der Waals surface area contributed by atoms with Crippen LogP contribution in [0.25, 0.3) is 0 Å². The average Bonchev–Trinajstić information content (AvgIpc) is 2.83. The number of rotatable bonds is 2. The first-order valence-corrected chi connectivity index (χ1v) is 6.08. The SMILES string of the molecule is S=C1N[C@@H](c2ccccn2)N(c2ccccc2)N1. The highest BCUT2D eigenvalue weighted by Crippen LogP contribution is 2.24. The molecule has 0 aliphatic carbocycles. The van der Waals surface area contributed by atoms with Crippen LogP contribution in [0.5, 0.6) is 0 Å². The summed E-state index contributed by atoms with van der Waals surface area (Å²) in [6.07, 6.45) is 1.70. The molecule has 18 heavy (non-hydrogen) atoms. The number of hydrogen-bond acceptors (Lipinski definition) is 3. The zero-order chi connectivity index (χ0) is 12.4. The number of aromatic nitrogens is 1. The molecule has 0 unspecified atom stereocenters. The molecule has 0 amide bonds. The minimum Gasteiger partial charge on any atom is -0.335 e. The van der Waals surface area contributed by atoms with E-state index >= 15 is 0 Å². The number of hydrogen-bond donors (Lipinski definition) is 2. The third kappa shape index (κ3) is 2.00. The molecule has 0 radical (unpaired) electrons. The van der Waals surface area contributed by atoms with Gasteiger partial charge in [-0.2, -0.15) is 0 Å². The van der Waals surface area contributed by atoms with Crippen molar-refractivity contribution in [2.75, 3.05) is 5.01 Å². The van der Waals surface area contributed by atoms with Crippen LogP contribution >= 0.6 is 12.2 Å². The summed E-state index contributed by atoms with van der Waals surface area (Å²) in [6, 6.07) is 15.9. The molecule has 90 valence electrons.